The van der Waals surface area contributed by atoms with Gasteiger partial charge < -0.3 is 11.1 Å². The molecule has 0 aromatic heterocycles. The van der Waals surface area contributed by atoms with E-state index in [9.17, 15) is 8.42 Å². The molecular formula is C13H23N3O2S. The van der Waals surface area contributed by atoms with Crippen LogP contribution in [0.15, 0.2) is 23.1 Å². The molecule has 108 valence electrons. The number of para-hydroxylation sites is 1. The van der Waals surface area contributed by atoms with E-state index in [0.29, 0.717) is 5.69 Å². The highest BCUT2D eigenvalue weighted by Crippen LogP contribution is 2.26. The van der Waals surface area contributed by atoms with Gasteiger partial charge in [0.25, 0.3) is 0 Å². The van der Waals surface area contributed by atoms with Gasteiger partial charge in [-0.2, -0.15) is 0 Å². The average Bonchev–Trinajstić information content (AvgIpc) is 2.30. The van der Waals surface area contributed by atoms with E-state index in [-0.39, 0.29) is 16.6 Å². The highest BCUT2D eigenvalue weighted by molar-refractivity contribution is 7.89. The van der Waals surface area contributed by atoms with Crippen molar-refractivity contribution in [1.29, 1.82) is 0 Å². The first-order valence-electron chi connectivity index (χ1n) is 6.54. The van der Waals surface area contributed by atoms with Gasteiger partial charge in [0.2, 0.25) is 10.0 Å². The number of hydrogen-bond donors (Lipinski definition) is 3. The highest BCUT2D eigenvalue weighted by Gasteiger charge is 2.15. The minimum absolute atomic E-state index is 0.0294. The Balaban J connectivity index is 2.80. The summed E-state index contributed by atoms with van der Waals surface area (Å²) in [4.78, 5) is -0.0294. The summed E-state index contributed by atoms with van der Waals surface area (Å²) in [5, 5.41) is 8.36. The van der Waals surface area contributed by atoms with Gasteiger partial charge >= 0.3 is 0 Å². The Morgan fingerprint density at radius 3 is 2.58 bits per heavy atom. The average molecular weight is 285 g/mol. The Hall–Kier alpha value is -1.27. The molecular weight excluding hydrogens is 262 g/mol. The summed E-state index contributed by atoms with van der Waals surface area (Å²) < 4.78 is 22.7. The van der Waals surface area contributed by atoms with Gasteiger partial charge in [0.05, 0.1) is 11.4 Å². The molecule has 1 aromatic carbocycles. The number of hydrogen-bond acceptors (Lipinski definition) is 4. The second-order valence-corrected chi connectivity index (χ2v) is 6.33. The summed E-state index contributed by atoms with van der Waals surface area (Å²) in [5.74, 6) is 0. The van der Waals surface area contributed by atoms with Gasteiger partial charge in [-0.15, -0.1) is 0 Å². The monoisotopic (exact) mass is 285 g/mol. The molecule has 0 radical (unpaired) electrons. The molecule has 6 heteroatoms. The van der Waals surface area contributed by atoms with Crippen molar-refractivity contribution >= 4 is 21.4 Å². The standard InChI is InChI=1S/C13H23N3O2S/c1-3-4-5-7-10(2)16-11-8-6-9-12(13(11)14)19(15,17)18/h6,8-10,16H,3-5,7,14H2,1-2H3,(H2,15,17,18). The number of primary sulfonamides is 1. The van der Waals surface area contributed by atoms with E-state index >= 15 is 0 Å². The van der Waals surface area contributed by atoms with Gasteiger partial charge in [-0.25, -0.2) is 13.6 Å². The van der Waals surface area contributed by atoms with Crippen LogP contribution in [0.5, 0.6) is 0 Å². The van der Waals surface area contributed by atoms with Crippen LogP contribution in [0.25, 0.3) is 0 Å². The molecule has 0 aliphatic heterocycles. The van der Waals surface area contributed by atoms with Crippen molar-refractivity contribution in [3.05, 3.63) is 18.2 Å². The molecule has 1 aromatic rings. The number of sulfonamides is 1. The zero-order valence-corrected chi connectivity index (χ0v) is 12.3. The molecule has 0 heterocycles. The number of nitrogen functional groups attached to an aromatic ring is 1. The van der Waals surface area contributed by atoms with Crippen molar-refractivity contribution in [2.24, 2.45) is 5.14 Å². The van der Waals surface area contributed by atoms with Crippen molar-refractivity contribution in [2.45, 2.75) is 50.5 Å². The third-order valence-electron chi connectivity index (χ3n) is 3.02. The van der Waals surface area contributed by atoms with Crippen molar-refractivity contribution < 1.29 is 8.42 Å². The largest absolute Gasteiger partial charge is 0.396 e. The van der Waals surface area contributed by atoms with E-state index in [2.05, 4.69) is 19.2 Å². The maximum atomic E-state index is 11.4. The van der Waals surface area contributed by atoms with E-state index in [0.717, 1.165) is 12.8 Å². The van der Waals surface area contributed by atoms with Gasteiger partial charge in [-0.1, -0.05) is 32.3 Å². The molecule has 0 aliphatic rings. The first-order chi connectivity index (χ1) is 8.86. The Kier molecular flexibility index (Phi) is 5.62. The van der Waals surface area contributed by atoms with Gasteiger partial charge in [0.1, 0.15) is 4.90 Å². The first-order valence-corrected chi connectivity index (χ1v) is 8.08. The third kappa shape index (κ3) is 4.72. The number of nitrogens with two attached hydrogens (primary N) is 2. The number of rotatable bonds is 7. The van der Waals surface area contributed by atoms with Crippen LogP contribution in [0.1, 0.15) is 39.5 Å². The van der Waals surface area contributed by atoms with Crippen molar-refractivity contribution in [3.8, 4) is 0 Å². The highest BCUT2D eigenvalue weighted by atomic mass is 32.2. The molecule has 0 spiro atoms. The Morgan fingerprint density at radius 2 is 2.00 bits per heavy atom. The minimum Gasteiger partial charge on any atom is -0.396 e. The fourth-order valence-corrected chi connectivity index (χ4v) is 2.64. The molecule has 0 aliphatic carbocycles. The first kappa shape index (κ1) is 15.8. The predicted molar refractivity (Wildman–Crippen MR) is 79.5 cm³/mol. The van der Waals surface area contributed by atoms with Crippen LogP contribution in [0, 0.1) is 0 Å². The second kappa shape index (κ2) is 6.77. The summed E-state index contributed by atoms with van der Waals surface area (Å²) in [5.41, 5.74) is 6.66. The van der Waals surface area contributed by atoms with Crippen LogP contribution >= 0.6 is 0 Å². The van der Waals surface area contributed by atoms with Crippen LogP contribution in [0.2, 0.25) is 0 Å². The molecule has 1 rings (SSSR count). The number of nitrogens with one attached hydrogen (secondary N) is 1. The van der Waals surface area contributed by atoms with Gasteiger partial charge in [0.15, 0.2) is 0 Å². The maximum absolute atomic E-state index is 11.4. The van der Waals surface area contributed by atoms with E-state index in [1.165, 1.54) is 18.9 Å². The Morgan fingerprint density at radius 1 is 1.32 bits per heavy atom. The molecule has 0 fully saturated rings. The van der Waals surface area contributed by atoms with Crippen LogP contribution < -0.4 is 16.2 Å². The number of benzene rings is 1. The maximum Gasteiger partial charge on any atom is 0.240 e. The van der Waals surface area contributed by atoms with Crippen LogP contribution in [-0.4, -0.2) is 14.5 Å². The summed E-state index contributed by atoms with van der Waals surface area (Å²) >= 11 is 0. The van der Waals surface area contributed by atoms with Crippen LogP contribution in [0.3, 0.4) is 0 Å². The minimum atomic E-state index is -3.78. The van der Waals surface area contributed by atoms with Crippen LogP contribution in [-0.2, 0) is 10.0 Å². The zero-order chi connectivity index (χ0) is 14.5. The molecule has 5 nitrogen and oxygen atoms in total. The lowest BCUT2D eigenvalue weighted by Crippen LogP contribution is -2.19. The fourth-order valence-electron chi connectivity index (χ4n) is 1.96. The SMILES string of the molecule is CCCCCC(C)Nc1cccc(S(N)(=O)=O)c1N. The number of anilines is 2. The van der Waals surface area contributed by atoms with Crippen molar-refractivity contribution in [3.63, 3.8) is 0 Å². The lowest BCUT2D eigenvalue weighted by molar-refractivity contribution is 0.598. The van der Waals surface area contributed by atoms with Crippen molar-refractivity contribution in [1.82, 2.24) is 0 Å². The fraction of sp³-hybridized carbons (Fsp3) is 0.538. The second-order valence-electron chi connectivity index (χ2n) is 4.80. The molecule has 19 heavy (non-hydrogen) atoms. The van der Waals surface area contributed by atoms with E-state index in [1.807, 2.05) is 0 Å². The van der Waals surface area contributed by atoms with Gasteiger partial charge in [-0.05, 0) is 25.5 Å². The molecule has 1 unspecified atom stereocenters. The van der Waals surface area contributed by atoms with E-state index in [4.69, 9.17) is 10.9 Å². The Labute approximate surface area is 115 Å². The molecule has 0 saturated heterocycles. The Bertz CT molecular complexity index is 515. The lowest BCUT2D eigenvalue weighted by atomic mass is 10.1. The topological polar surface area (TPSA) is 98.2 Å². The summed E-state index contributed by atoms with van der Waals surface area (Å²) in [6.07, 6.45) is 4.53. The predicted octanol–water partition coefficient (Wildman–Crippen LogP) is 2.30. The van der Waals surface area contributed by atoms with Gasteiger partial charge in [-0.3, -0.25) is 0 Å². The van der Waals surface area contributed by atoms with Crippen LogP contribution in [0.4, 0.5) is 11.4 Å². The van der Waals surface area contributed by atoms with E-state index < -0.39 is 10.0 Å². The third-order valence-corrected chi connectivity index (χ3v) is 3.98. The summed E-state index contributed by atoms with van der Waals surface area (Å²) in [7, 11) is -3.78. The molecule has 0 bridgehead atoms. The summed E-state index contributed by atoms with van der Waals surface area (Å²) in [6, 6.07) is 5.05. The van der Waals surface area contributed by atoms with Gasteiger partial charge in [0, 0.05) is 6.04 Å². The smallest absolute Gasteiger partial charge is 0.240 e. The molecule has 5 N–H and O–H groups in total. The van der Waals surface area contributed by atoms with E-state index in [1.54, 1.807) is 12.1 Å². The van der Waals surface area contributed by atoms with Crippen molar-refractivity contribution in [2.75, 3.05) is 11.1 Å². The lowest BCUT2D eigenvalue weighted by Gasteiger charge is -2.17. The molecule has 0 amide bonds. The quantitative estimate of drug-likeness (QED) is 0.529. The zero-order valence-electron chi connectivity index (χ0n) is 11.5. The normalized spacial score (nSPS) is 13.2. The summed E-state index contributed by atoms with van der Waals surface area (Å²) in [6.45, 7) is 4.21. The molecule has 1 atom stereocenters. The molecule has 0 saturated carbocycles. The number of unbranched alkanes of at least 4 members (excludes halogenated alkanes) is 2.